The van der Waals surface area contributed by atoms with Gasteiger partial charge in [-0.05, 0) is 29.3 Å². The predicted molar refractivity (Wildman–Crippen MR) is 104 cm³/mol. The Morgan fingerprint density at radius 2 is 2.17 bits per heavy atom. The second-order valence-electron chi connectivity index (χ2n) is 6.76. The van der Waals surface area contributed by atoms with Crippen LogP contribution in [0.3, 0.4) is 0 Å². The maximum absolute atomic E-state index is 12.7. The van der Waals surface area contributed by atoms with Crippen molar-refractivity contribution in [3.05, 3.63) is 40.7 Å². The summed E-state index contributed by atoms with van der Waals surface area (Å²) in [5.74, 6) is 2.05. The molecular formula is C18H21ClN8O2. The Labute approximate surface area is 172 Å². The molecule has 0 bridgehead atoms. The van der Waals surface area contributed by atoms with Crippen LogP contribution in [0.25, 0.3) is 5.69 Å². The molecule has 3 heterocycles. The van der Waals surface area contributed by atoms with Crippen molar-refractivity contribution in [2.24, 2.45) is 0 Å². The summed E-state index contributed by atoms with van der Waals surface area (Å²) in [6.45, 7) is 1.38. The van der Waals surface area contributed by atoms with Gasteiger partial charge in [0.15, 0.2) is 0 Å². The van der Waals surface area contributed by atoms with Gasteiger partial charge < -0.3 is 14.6 Å². The lowest BCUT2D eigenvalue weighted by Gasteiger charge is -2.13. The number of nitrogens with zero attached hydrogens (tertiary/aromatic N) is 7. The van der Waals surface area contributed by atoms with Crippen molar-refractivity contribution in [1.82, 2.24) is 40.3 Å². The molecule has 0 unspecified atom stereocenters. The molecule has 1 aliphatic heterocycles. The number of carbonyl (C=O) groups excluding carboxylic acids is 1. The van der Waals surface area contributed by atoms with Gasteiger partial charge in [0, 0.05) is 32.0 Å². The van der Waals surface area contributed by atoms with Crippen LogP contribution in [0.1, 0.15) is 41.3 Å². The zero-order valence-corrected chi connectivity index (χ0v) is 16.8. The summed E-state index contributed by atoms with van der Waals surface area (Å²) < 4.78 is 8.96. The first-order valence-electron chi connectivity index (χ1n) is 9.47. The van der Waals surface area contributed by atoms with Gasteiger partial charge in [-0.3, -0.25) is 4.79 Å². The highest BCUT2D eigenvalue weighted by atomic mass is 35.5. The third-order valence-corrected chi connectivity index (χ3v) is 5.23. The van der Waals surface area contributed by atoms with E-state index in [2.05, 4.69) is 35.6 Å². The quantitative estimate of drug-likeness (QED) is 0.649. The average Bonchev–Trinajstić information content (AvgIpc) is 3.33. The zero-order valence-electron chi connectivity index (χ0n) is 16.0. The number of halogens is 1. The van der Waals surface area contributed by atoms with Crippen molar-refractivity contribution < 1.29 is 9.53 Å². The van der Waals surface area contributed by atoms with Crippen LogP contribution in [0.4, 0.5) is 0 Å². The molecule has 1 aliphatic rings. The highest BCUT2D eigenvalue weighted by molar-refractivity contribution is 6.33. The zero-order chi connectivity index (χ0) is 20.2. The average molecular weight is 417 g/mol. The number of benzene rings is 1. The molecule has 4 rings (SSSR count). The minimum absolute atomic E-state index is 0.275. The third-order valence-electron chi connectivity index (χ3n) is 4.93. The smallest absolute Gasteiger partial charge is 0.255 e. The lowest BCUT2D eigenvalue weighted by molar-refractivity contribution is 0.0951. The third kappa shape index (κ3) is 4.07. The van der Waals surface area contributed by atoms with Gasteiger partial charge in [-0.2, -0.15) is 4.68 Å². The fraction of sp³-hybridized carbons (Fsp3) is 0.444. The van der Waals surface area contributed by atoms with Crippen LogP contribution in [-0.4, -0.2) is 54.5 Å². The molecule has 29 heavy (non-hydrogen) atoms. The van der Waals surface area contributed by atoms with Gasteiger partial charge in [-0.25, -0.2) is 0 Å². The molecule has 11 heteroatoms. The first kappa shape index (κ1) is 19.3. The number of nitrogens with one attached hydrogen (secondary N) is 1. The first-order valence-corrected chi connectivity index (χ1v) is 9.85. The van der Waals surface area contributed by atoms with E-state index < -0.39 is 0 Å². The Hall–Kier alpha value is -3.01. The monoisotopic (exact) mass is 416 g/mol. The summed E-state index contributed by atoms with van der Waals surface area (Å²) in [6, 6.07) is 3.18. The molecule has 1 aromatic carbocycles. The molecule has 0 aliphatic carbocycles. The molecule has 0 fully saturated rings. The summed E-state index contributed by atoms with van der Waals surface area (Å²) in [5.41, 5.74) is 0.866. The fourth-order valence-corrected chi connectivity index (χ4v) is 3.70. The van der Waals surface area contributed by atoms with Crippen molar-refractivity contribution >= 4 is 17.5 Å². The number of tetrazole rings is 1. The number of amides is 1. The number of methoxy groups -OCH3 is 1. The van der Waals surface area contributed by atoms with Gasteiger partial charge in [0.2, 0.25) is 0 Å². The molecule has 2 aromatic heterocycles. The largest absolute Gasteiger partial charge is 0.496 e. The van der Waals surface area contributed by atoms with Crippen LogP contribution < -0.4 is 10.1 Å². The molecule has 0 atom stereocenters. The number of aromatic nitrogens is 7. The van der Waals surface area contributed by atoms with Crippen LogP contribution >= 0.6 is 11.6 Å². The normalized spacial score (nSPS) is 13.6. The van der Waals surface area contributed by atoms with Crippen LogP contribution in [0, 0.1) is 0 Å². The van der Waals surface area contributed by atoms with Crippen molar-refractivity contribution in [2.75, 3.05) is 13.7 Å². The Morgan fingerprint density at radius 1 is 1.28 bits per heavy atom. The number of hydrogen-bond donors (Lipinski definition) is 1. The topological polar surface area (TPSA) is 113 Å². The van der Waals surface area contributed by atoms with Gasteiger partial charge in [0.05, 0.1) is 23.4 Å². The molecule has 3 aromatic rings. The van der Waals surface area contributed by atoms with Crippen molar-refractivity contribution in [1.29, 1.82) is 0 Å². The number of carbonyl (C=O) groups is 1. The second-order valence-corrected chi connectivity index (χ2v) is 7.17. The molecule has 10 nitrogen and oxygen atoms in total. The Bertz CT molecular complexity index is 1000. The van der Waals surface area contributed by atoms with Gasteiger partial charge >= 0.3 is 0 Å². The number of rotatable bonds is 6. The van der Waals surface area contributed by atoms with E-state index in [4.69, 9.17) is 16.3 Å². The van der Waals surface area contributed by atoms with E-state index in [0.29, 0.717) is 35.0 Å². The Morgan fingerprint density at radius 3 is 2.97 bits per heavy atom. The predicted octanol–water partition coefficient (Wildman–Crippen LogP) is 1.61. The lowest BCUT2D eigenvalue weighted by atomic mass is 10.1. The summed E-state index contributed by atoms with van der Waals surface area (Å²) in [4.78, 5) is 12.7. The van der Waals surface area contributed by atoms with Crippen molar-refractivity contribution in [2.45, 2.75) is 38.6 Å². The molecular weight excluding hydrogens is 396 g/mol. The first-order chi connectivity index (χ1) is 14.2. The maximum atomic E-state index is 12.7. The van der Waals surface area contributed by atoms with Crippen LogP contribution in [-0.2, 0) is 19.4 Å². The summed E-state index contributed by atoms with van der Waals surface area (Å²) in [5, 5.41) is 22.8. The summed E-state index contributed by atoms with van der Waals surface area (Å²) in [6.07, 6.45) is 6.48. The van der Waals surface area contributed by atoms with E-state index in [9.17, 15) is 4.79 Å². The van der Waals surface area contributed by atoms with E-state index in [-0.39, 0.29) is 5.91 Å². The van der Waals surface area contributed by atoms with Crippen molar-refractivity contribution in [3.63, 3.8) is 0 Å². The van der Waals surface area contributed by atoms with Gasteiger partial charge in [0.25, 0.3) is 5.91 Å². The minimum atomic E-state index is -0.275. The number of aryl methyl sites for hydroxylation is 1. The second kappa shape index (κ2) is 8.56. The van der Waals surface area contributed by atoms with E-state index in [1.54, 1.807) is 12.1 Å². The number of ether oxygens (including phenoxy) is 1. The van der Waals surface area contributed by atoms with E-state index in [1.165, 1.54) is 24.5 Å². The van der Waals surface area contributed by atoms with Crippen LogP contribution in [0.15, 0.2) is 18.5 Å². The van der Waals surface area contributed by atoms with E-state index >= 15 is 0 Å². The minimum Gasteiger partial charge on any atom is -0.496 e. The van der Waals surface area contributed by atoms with Gasteiger partial charge in [0.1, 0.15) is 23.7 Å². The standard InChI is InChI=1S/C18H21ClN8O2/c1-29-15-10-14(27-11-21-24-25-27)13(19)9-12(15)18(28)20-7-6-17-23-22-16-5-3-2-4-8-26(16)17/h9-11H,2-8H2,1H3,(H,20,28). The van der Waals surface area contributed by atoms with Gasteiger partial charge in [-0.15, -0.1) is 15.3 Å². The summed E-state index contributed by atoms with van der Waals surface area (Å²) >= 11 is 6.33. The van der Waals surface area contributed by atoms with Crippen LogP contribution in [0.5, 0.6) is 5.75 Å². The molecule has 0 saturated heterocycles. The van der Waals surface area contributed by atoms with E-state index in [0.717, 1.165) is 37.5 Å². The fourth-order valence-electron chi connectivity index (χ4n) is 3.45. The Kier molecular flexibility index (Phi) is 5.70. The SMILES string of the molecule is COc1cc(-n2cnnn2)c(Cl)cc1C(=O)NCCc1nnc2n1CCCCC2. The van der Waals surface area contributed by atoms with E-state index in [1.807, 2.05) is 0 Å². The molecule has 0 saturated carbocycles. The molecule has 152 valence electrons. The summed E-state index contributed by atoms with van der Waals surface area (Å²) in [7, 11) is 1.49. The maximum Gasteiger partial charge on any atom is 0.255 e. The number of fused-ring (bicyclic) bond motifs is 1. The molecule has 1 amide bonds. The Balaban J connectivity index is 1.45. The highest BCUT2D eigenvalue weighted by Gasteiger charge is 2.18. The highest BCUT2D eigenvalue weighted by Crippen LogP contribution is 2.29. The molecule has 0 spiro atoms. The van der Waals surface area contributed by atoms with Crippen molar-refractivity contribution in [3.8, 4) is 11.4 Å². The van der Waals surface area contributed by atoms with Gasteiger partial charge in [-0.1, -0.05) is 18.0 Å². The lowest BCUT2D eigenvalue weighted by Crippen LogP contribution is -2.27. The molecule has 0 radical (unpaired) electrons. The van der Waals surface area contributed by atoms with Crippen LogP contribution in [0.2, 0.25) is 5.02 Å². The number of hydrogen-bond acceptors (Lipinski definition) is 7. The molecule has 1 N–H and O–H groups in total.